The van der Waals surface area contributed by atoms with Crippen molar-refractivity contribution in [2.45, 2.75) is 9.24 Å². The van der Waals surface area contributed by atoms with Gasteiger partial charge in [0.05, 0.1) is 5.69 Å². The van der Waals surface area contributed by atoms with Crippen molar-refractivity contribution in [3.8, 4) is 0 Å². The number of rotatable bonds is 5. The van der Waals surface area contributed by atoms with Crippen LogP contribution in [0.15, 0.2) is 69.5 Å². The van der Waals surface area contributed by atoms with Crippen LogP contribution < -0.4 is 5.32 Å². The summed E-state index contributed by atoms with van der Waals surface area (Å²) in [5.74, 6) is -0.194. The van der Waals surface area contributed by atoms with Crippen molar-refractivity contribution in [2.75, 3.05) is 5.32 Å². The van der Waals surface area contributed by atoms with E-state index in [2.05, 4.69) is 20.5 Å². The third kappa shape index (κ3) is 4.73. The Hall–Kier alpha value is -2.51. The molecule has 3 rings (SSSR count). The molecule has 0 atom stereocenters. The van der Waals surface area contributed by atoms with E-state index in [1.807, 2.05) is 42.5 Å². The molecule has 0 aliphatic carbocycles. The predicted octanol–water partition coefficient (Wildman–Crippen LogP) is 3.74. The van der Waals surface area contributed by atoms with Gasteiger partial charge in [0.1, 0.15) is 5.51 Å². The summed E-state index contributed by atoms with van der Waals surface area (Å²) in [6, 6.07) is 13.1. The Morgan fingerprint density at radius 2 is 2.04 bits per heavy atom. The molecule has 2 aromatic heterocycles. The van der Waals surface area contributed by atoms with Crippen LogP contribution in [0.3, 0.4) is 0 Å². The maximum atomic E-state index is 11.9. The molecule has 7 heteroatoms. The molecule has 0 spiro atoms. The fraction of sp³-hybridized carbons (Fsp3) is 0. The normalized spacial score (nSPS) is 10.8. The summed E-state index contributed by atoms with van der Waals surface area (Å²) >= 11 is 3.03. The summed E-state index contributed by atoms with van der Waals surface area (Å²) < 4.78 is 0.889. The van der Waals surface area contributed by atoms with Gasteiger partial charge in [-0.2, -0.15) is 0 Å². The van der Waals surface area contributed by atoms with Crippen molar-refractivity contribution in [1.29, 1.82) is 0 Å². The second-order valence-electron chi connectivity index (χ2n) is 4.41. The number of nitrogens with zero attached hydrogens (tertiary/aromatic N) is 3. The molecule has 1 N–H and O–H groups in total. The minimum atomic E-state index is -0.194. The SMILES string of the molecule is O=C(C=Cc1ccccn1)Nc1ccc(Sc2nncs2)cc1. The van der Waals surface area contributed by atoms with E-state index < -0.39 is 0 Å². The van der Waals surface area contributed by atoms with Crippen LogP contribution in [0.2, 0.25) is 0 Å². The monoisotopic (exact) mass is 340 g/mol. The first-order chi connectivity index (χ1) is 11.3. The lowest BCUT2D eigenvalue weighted by atomic mass is 10.3. The summed E-state index contributed by atoms with van der Waals surface area (Å²) in [7, 11) is 0. The number of anilines is 1. The summed E-state index contributed by atoms with van der Waals surface area (Å²) in [5.41, 5.74) is 3.18. The smallest absolute Gasteiger partial charge is 0.248 e. The van der Waals surface area contributed by atoms with Crippen molar-refractivity contribution < 1.29 is 4.79 Å². The van der Waals surface area contributed by atoms with E-state index in [1.165, 1.54) is 29.2 Å². The summed E-state index contributed by atoms with van der Waals surface area (Å²) in [5, 5.41) is 10.6. The van der Waals surface area contributed by atoms with Crippen LogP contribution >= 0.6 is 23.1 Å². The summed E-state index contributed by atoms with van der Waals surface area (Å²) in [6.45, 7) is 0. The number of benzene rings is 1. The zero-order chi connectivity index (χ0) is 15.9. The lowest BCUT2D eigenvalue weighted by molar-refractivity contribution is -0.111. The van der Waals surface area contributed by atoms with E-state index in [1.54, 1.807) is 17.8 Å². The van der Waals surface area contributed by atoms with Gasteiger partial charge in [-0.25, -0.2) is 0 Å². The number of aromatic nitrogens is 3. The average Bonchev–Trinajstić information content (AvgIpc) is 3.09. The lowest BCUT2D eigenvalue weighted by Gasteiger charge is -2.03. The minimum Gasteiger partial charge on any atom is -0.323 e. The Labute approximate surface area is 141 Å². The molecule has 0 fully saturated rings. The summed E-state index contributed by atoms with van der Waals surface area (Å²) in [4.78, 5) is 17.0. The van der Waals surface area contributed by atoms with Crippen molar-refractivity contribution in [1.82, 2.24) is 15.2 Å². The van der Waals surface area contributed by atoms with Crippen molar-refractivity contribution >= 4 is 40.8 Å². The van der Waals surface area contributed by atoms with E-state index >= 15 is 0 Å². The molecule has 1 aromatic carbocycles. The number of pyridine rings is 1. The molecule has 0 unspecified atom stereocenters. The lowest BCUT2D eigenvalue weighted by Crippen LogP contribution is -2.07. The molecule has 0 radical (unpaired) electrons. The first-order valence-corrected chi connectivity index (χ1v) is 8.43. The van der Waals surface area contributed by atoms with E-state index in [4.69, 9.17) is 0 Å². The molecule has 2 heterocycles. The van der Waals surface area contributed by atoms with Gasteiger partial charge in [0.25, 0.3) is 0 Å². The highest BCUT2D eigenvalue weighted by Gasteiger charge is 2.02. The highest BCUT2D eigenvalue weighted by molar-refractivity contribution is 8.01. The highest BCUT2D eigenvalue weighted by Crippen LogP contribution is 2.29. The highest BCUT2D eigenvalue weighted by atomic mass is 32.2. The van der Waals surface area contributed by atoms with Gasteiger partial charge in [0.15, 0.2) is 4.34 Å². The fourth-order valence-electron chi connectivity index (χ4n) is 1.73. The second kappa shape index (κ2) is 7.66. The third-order valence-corrected chi connectivity index (χ3v) is 4.55. The molecule has 3 aromatic rings. The zero-order valence-corrected chi connectivity index (χ0v) is 13.6. The summed E-state index contributed by atoms with van der Waals surface area (Å²) in [6.07, 6.45) is 4.83. The van der Waals surface area contributed by atoms with Gasteiger partial charge in [0, 0.05) is 22.9 Å². The Morgan fingerprint density at radius 1 is 1.17 bits per heavy atom. The Kier molecular flexibility index (Phi) is 5.13. The average molecular weight is 340 g/mol. The van der Waals surface area contributed by atoms with Crippen LogP contribution in [-0.4, -0.2) is 21.1 Å². The van der Waals surface area contributed by atoms with E-state index in [0.29, 0.717) is 0 Å². The molecule has 0 bridgehead atoms. The number of nitrogens with one attached hydrogen (secondary N) is 1. The van der Waals surface area contributed by atoms with Crippen LogP contribution in [0.1, 0.15) is 5.69 Å². The van der Waals surface area contributed by atoms with Gasteiger partial charge < -0.3 is 5.32 Å². The van der Waals surface area contributed by atoms with E-state index in [9.17, 15) is 4.79 Å². The molecular formula is C16H12N4OS2. The number of carbonyl (C=O) groups excluding carboxylic acids is 1. The molecule has 5 nitrogen and oxygen atoms in total. The topological polar surface area (TPSA) is 67.8 Å². The Balaban J connectivity index is 1.57. The van der Waals surface area contributed by atoms with Gasteiger partial charge in [-0.1, -0.05) is 29.2 Å². The molecular weight excluding hydrogens is 328 g/mol. The van der Waals surface area contributed by atoms with Crippen molar-refractivity contribution in [3.63, 3.8) is 0 Å². The molecule has 0 saturated carbocycles. The molecule has 114 valence electrons. The number of hydrogen-bond donors (Lipinski definition) is 1. The number of hydrogen-bond acceptors (Lipinski definition) is 6. The van der Waals surface area contributed by atoms with Gasteiger partial charge >= 0.3 is 0 Å². The van der Waals surface area contributed by atoms with E-state index in [-0.39, 0.29) is 5.91 Å². The predicted molar refractivity (Wildman–Crippen MR) is 92.4 cm³/mol. The van der Waals surface area contributed by atoms with Crippen molar-refractivity contribution in [2.24, 2.45) is 0 Å². The molecule has 0 saturated heterocycles. The third-order valence-electron chi connectivity index (χ3n) is 2.76. The Bertz CT molecular complexity index is 787. The van der Waals surface area contributed by atoms with Crippen LogP contribution in [0.25, 0.3) is 6.08 Å². The first kappa shape index (κ1) is 15.4. The van der Waals surface area contributed by atoms with Gasteiger partial charge in [-0.3, -0.25) is 9.78 Å². The van der Waals surface area contributed by atoms with Crippen molar-refractivity contribution in [3.05, 3.63) is 65.9 Å². The second-order valence-corrected chi connectivity index (χ2v) is 6.56. The van der Waals surface area contributed by atoms with Gasteiger partial charge in [-0.15, -0.1) is 10.2 Å². The van der Waals surface area contributed by atoms with Crippen LogP contribution in [0.4, 0.5) is 5.69 Å². The molecule has 23 heavy (non-hydrogen) atoms. The van der Waals surface area contributed by atoms with Crippen LogP contribution in [0.5, 0.6) is 0 Å². The maximum Gasteiger partial charge on any atom is 0.248 e. The number of carbonyl (C=O) groups is 1. The number of amides is 1. The zero-order valence-electron chi connectivity index (χ0n) is 11.9. The van der Waals surface area contributed by atoms with E-state index in [0.717, 1.165) is 20.6 Å². The molecule has 0 aliphatic rings. The van der Waals surface area contributed by atoms with Crippen LogP contribution in [-0.2, 0) is 4.79 Å². The largest absolute Gasteiger partial charge is 0.323 e. The van der Waals surface area contributed by atoms with Gasteiger partial charge in [0.2, 0.25) is 5.91 Å². The maximum absolute atomic E-state index is 11.9. The first-order valence-electron chi connectivity index (χ1n) is 6.74. The van der Waals surface area contributed by atoms with Crippen LogP contribution in [0, 0.1) is 0 Å². The quantitative estimate of drug-likeness (QED) is 0.717. The molecule has 1 amide bonds. The van der Waals surface area contributed by atoms with Gasteiger partial charge in [-0.05, 0) is 42.5 Å². The minimum absolute atomic E-state index is 0.194. The molecule has 0 aliphatic heterocycles. The Morgan fingerprint density at radius 3 is 2.74 bits per heavy atom. The fourth-order valence-corrected chi connectivity index (χ4v) is 3.18. The standard InChI is InChI=1S/C16H12N4OS2/c21-15(9-6-12-3-1-2-10-17-12)19-13-4-7-14(8-5-13)23-16-20-18-11-22-16/h1-11H,(H,19,21).